The zero-order valence-corrected chi connectivity index (χ0v) is 11.9. The van der Waals surface area contributed by atoms with E-state index >= 15 is 0 Å². The lowest BCUT2D eigenvalue weighted by Crippen LogP contribution is -2.16. The zero-order chi connectivity index (χ0) is 13.1. The molecule has 1 aromatic heterocycles. The number of aryl methyl sites for hydroxylation is 1. The Balaban J connectivity index is 3.26. The molecule has 0 saturated carbocycles. The number of hydrogen-bond donors (Lipinski definition) is 0. The van der Waals surface area contributed by atoms with Gasteiger partial charge in [-0.2, -0.15) is 8.42 Å². The van der Waals surface area contributed by atoms with Crippen LogP contribution in [-0.4, -0.2) is 31.8 Å². The van der Waals surface area contributed by atoms with Crippen LogP contribution in [0.3, 0.4) is 0 Å². The number of nitrogens with zero attached hydrogens (tertiary/aromatic N) is 2. The standard InChI is InChI=1S/C10H16N2O3S2/c1-5-9(17(13,14)15-3)8-6-7(2)11-10(12-8)16-4/h6,9H,5H2,1-4H3. The first-order valence-corrected chi connectivity index (χ1v) is 7.83. The Morgan fingerprint density at radius 2 is 2.12 bits per heavy atom. The molecular formula is C10H16N2O3S2. The molecule has 0 aliphatic heterocycles. The molecule has 0 saturated heterocycles. The van der Waals surface area contributed by atoms with Crippen molar-refractivity contribution in [3.63, 3.8) is 0 Å². The van der Waals surface area contributed by atoms with Crippen molar-refractivity contribution in [2.75, 3.05) is 13.4 Å². The summed E-state index contributed by atoms with van der Waals surface area (Å²) in [7, 11) is -2.44. The highest BCUT2D eigenvalue weighted by molar-refractivity contribution is 7.98. The fourth-order valence-corrected chi connectivity index (χ4v) is 2.99. The second-order valence-corrected chi connectivity index (χ2v) is 6.14. The van der Waals surface area contributed by atoms with Crippen molar-refractivity contribution < 1.29 is 12.6 Å². The summed E-state index contributed by atoms with van der Waals surface area (Å²) in [5.41, 5.74) is 1.25. The quantitative estimate of drug-likeness (QED) is 0.465. The minimum atomic E-state index is -3.60. The highest BCUT2D eigenvalue weighted by Gasteiger charge is 2.27. The summed E-state index contributed by atoms with van der Waals surface area (Å²) in [4.78, 5) is 8.42. The van der Waals surface area contributed by atoms with E-state index in [0.29, 0.717) is 17.3 Å². The highest BCUT2D eigenvalue weighted by atomic mass is 32.2. The van der Waals surface area contributed by atoms with E-state index < -0.39 is 15.4 Å². The Morgan fingerprint density at radius 3 is 2.59 bits per heavy atom. The lowest BCUT2D eigenvalue weighted by molar-refractivity contribution is 0.385. The lowest BCUT2D eigenvalue weighted by Gasteiger charge is -2.14. The van der Waals surface area contributed by atoms with Crippen LogP contribution in [0.5, 0.6) is 0 Å². The normalized spacial score (nSPS) is 13.6. The van der Waals surface area contributed by atoms with Gasteiger partial charge in [0.15, 0.2) is 5.16 Å². The molecule has 96 valence electrons. The summed E-state index contributed by atoms with van der Waals surface area (Å²) in [5.74, 6) is 0. The Hall–Kier alpha value is -0.660. The number of thioether (sulfide) groups is 1. The highest BCUT2D eigenvalue weighted by Crippen LogP contribution is 2.26. The third kappa shape index (κ3) is 3.40. The molecule has 0 aromatic carbocycles. The monoisotopic (exact) mass is 276 g/mol. The van der Waals surface area contributed by atoms with Crippen molar-refractivity contribution in [3.8, 4) is 0 Å². The average Bonchev–Trinajstić information content (AvgIpc) is 2.28. The molecule has 0 aliphatic rings. The predicted molar refractivity (Wildman–Crippen MR) is 67.5 cm³/mol. The molecule has 0 spiro atoms. The summed E-state index contributed by atoms with van der Waals surface area (Å²) in [5, 5.41) is -0.162. The summed E-state index contributed by atoms with van der Waals surface area (Å²) in [6, 6.07) is 1.68. The van der Waals surface area contributed by atoms with Gasteiger partial charge in [0.2, 0.25) is 0 Å². The van der Waals surface area contributed by atoms with Crippen LogP contribution in [-0.2, 0) is 14.3 Å². The van der Waals surface area contributed by atoms with Crippen molar-refractivity contribution in [2.45, 2.75) is 30.7 Å². The molecule has 1 aromatic rings. The first-order valence-electron chi connectivity index (χ1n) is 5.13. The Labute approximate surface area is 106 Å². The van der Waals surface area contributed by atoms with Crippen molar-refractivity contribution in [2.24, 2.45) is 0 Å². The summed E-state index contributed by atoms with van der Waals surface area (Å²) >= 11 is 1.39. The second-order valence-electron chi connectivity index (χ2n) is 3.48. The van der Waals surface area contributed by atoms with E-state index in [1.54, 1.807) is 13.0 Å². The topological polar surface area (TPSA) is 69.2 Å². The van der Waals surface area contributed by atoms with Gasteiger partial charge in [0.1, 0.15) is 5.25 Å². The smallest absolute Gasteiger partial charge is 0.273 e. The molecule has 1 rings (SSSR count). The molecule has 0 N–H and O–H groups in total. The summed E-state index contributed by atoms with van der Waals surface area (Å²) in [6.07, 6.45) is 2.27. The van der Waals surface area contributed by atoms with E-state index in [0.717, 1.165) is 5.69 Å². The molecule has 5 nitrogen and oxygen atoms in total. The first kappa shape index (κ1) is 14.4. The zero-order valence-electron chi connectivity index (χ0n) is 10.3. The third-order valence-corrected chi connectivity index (χ3v) is 4.60. The van der Waals surface area contributed by atoms with Crippen LogP contribution < -0.4 is 0 Å². The number of aromatic nitrogens is 2. The van der Waals surface area contributed by atoms with Crippen LogP contribution in [0, 0.1) is 6.92 Å². The number of hydrogen-bond acceptors (Lipinski definition) is 6. The van der Waals surface area contributed by atoms with Crippen molar-refractivity contribution in [1.82, 2.24) is 9.97 Å². The van der Waals surface area contributed by atoms with Gasteiger partial charge in [-0.05, 0) is 25.7 Å². The molecule has 1 atom stereocenters. The van der Waals surface area contributed by atoms with Crippen LogP contribution in [0.2, 0.25) is 0 Å². The molecular weight excluding hydrogens is 260 g/mol. The van der Waals surface area contributed by atoms with E-state index in [1.807, 2.05) is 13.2 Å². The predicted octanol–water partition coefficient (Wildman–Crippen LogP) is 1.93. The van der Waals surface area contributed by atoms with E-state index in [-0.39, 0.29) is 0 Å². The maximum atomic E-state index is 11.8. The minimum Gasteiger partial charge on any atom is -0.273 e. The van der Waals surface area contributed by atoms with Gasteiger partial charge >= 0.3 is 0 Å². The van der Waals surface area contributed by atoms with Gasteiger partial charge in [0.05, 0.1) is 12.8 Å². The molecule has 7 heteroatoms. The second kappa shape index (κ2) is 5.79. The number of rotatable bonds is 5. The van der Waals surface area contributed by atoms with Gasteiger partial charge in [-0.15, -0.1) is 0 Å². The van der Waals surface area contributed by atoms with E-state index in [2.05, 4.69) is 14.2 Å². The average molecular weight is 276 g/mol. The largest absolute Gasteiger partial charge is 0.275 e. The van der Waals surface area contributed by atoms with Gasteiger partial charge in [0.25, 0.3) is 10.1 Å². The minimum absolute atomic E-state index is 0.417. The Bertz CT molecular complexity index is 488. The van der Waals surface area contributed by atoms with Gasteiger partial charge in [-0.3, -0.25) is 4.18 Å². The van der Waals surface area contributed by atoms with Crippen LogP contribution >= 0.6 is 11.8 Å². The maximum Gasteiger partial charge on any atom is 0.275 e. The van der Waals surface area contributed by atoms with Gasteiger partial charge < -0.3 is 0 Å². The molecule has 0 bridgehead atoms. The van der Waals surface area contributed by atoms with Gasteiger partial charge in [0, 0.05) is 5.69 Å². The Morgan fingerprint density at radius 1 is 1.47 bits per heavy atom. The molecule has 0 amide bonds. The first-order chi connectivity index (χ1) is 7.94. The van der Waals surface area contributed by atoms with Gasteiger partial charge in [-0.25, -0.2) is 9.97 Å². The van der Waals surface area contributed by atoms with Crippen molar-refractivity contribution in [1.29, 1.82) is 0 Å². The SMILES string of the molecule is CCC(c1cc(C)nc(SC)n1)S(=O)(=O)OC. The van der Waals surface area contributed by atoms with Gasteiger partial charge in [-0.1, -0.05) is 18.7 Å². The third-order valence-electron chi connectivity index (χ3n) is 2.32. The molecule has 0 fully saturated rings. The lowest BCUT2D eigenvalue weighted by atomic mass is 10.2. The molecule has 17 heavy (non-hydrogen) atoms. The van der Waals surface area contributed by atoms with Crippen LogP contribution in [0.15, 0.2) is 11.2 Å². The Kier molecular flexibility index (Phi) is 4.91. The fourth-order valence-electron chi connectivity index (χ4n) is 1.50. The van der Waals surface area contributed by atoms with E-state index in [9.17, 15) is 8.42 Å². The molecule has 0 radical (unpaired) electrons. The molecule has 0 aliphatic carbocycles. The van der Waals surface area contributed by atoms with E-state index in [4.69, 9.17) is 0 Å². The molecule has 1 heterocycles. The van der Waals surface area contributed by atoms with Crippen LogP contribution in [0.1, 0.15) is 30.0 Å². The van der Waals surface area contributed by atoms with Crippen LogP contribution in [0.4, 0.5) is 0 Å². The molecule has 1 unspecified atom stereocenters. The maximum absolute atomic E-state index is 11.8. The van der Waals surface area contributed by atoms with E-state index in [1.165, 1.54) is 18.9 Å². The van der Waals surface area contributed by atoms with Crippen LogP contribution in [0.25, 0.3) is 0 Å². The fraction of sp³-hybridized carbons (Fsp3) is 0.600. The van der Waals surface area contributed by atoms with Crippen molar-refractivity contribution >= 4 is 21.9 Å². The summed E-state index contributed by atoms with van der Waals surface area (Å²) in [6.45, 7) is 3.61. The summed E-state index contributed by atoms with van der Waals surface area (Å²) < 4.78 is 28.1. The van der Waals surface area contributed by atoms with Crippen molar-refractivity contribution in [3.05, 3.63) is 17.5 Å².